The molecule has 0 aliphatic rings. The van der Waals surface area contributed by atoms with Gasteiger partial charge in [-0.1, -0.05) is 37.8 Å². The van der Waals surface area contributed by atoms with Crippen LogP contribution in [-0.2, 0) is 11.3 Å². The van der Waals surface area contributed by atoms with Crippen LogP contribution in [0.15, 0.2) is 28.7 Å². The SMILES string of the molecule is COCc1c(C#C[Si](C)(C)C)oc2ccccc12. The van der Waals surface area contributed by atoms with Gasteiger partial charge in [-0.15, -0.1) is 5.54 Å². The number of para-hydroxylation sites is 1. The highest BCUT2D eigenvalue weighted by Crippen LogP contribution is 2.25. The molecule has 1 aromatic heterocycles. The standard InChI is InChI=1S/C15H18O2Si/c1-16-11-13-12-7-5-6-8-14(12)17-15(13)9-10-18(2,3)4/h5-8H,11H2,1-4H3. The average Bonchev–Trinajstić information content (AvgIpc) is 2.65. The van der Waals surface area contributed by atoms with E-state index >= 15 is 0 Å². The van der Waals surface area contributed by atoms with Crippen molar-refractivity contribution < 1.29 is 9.15 Å². The fourth-order valence-corrected chi connectivity index (χ4v) is 2.22. The smallest absolute Gasteiger partial charge is 0.183 e. The van der Waals surface area contributed by atoms with E-state index in [0.717, 1.165) is 22.3 Å². The summed E-state index contributed by atoms with van der Waals surface area (Å²) in [5.74, 6) is 3.94. The molecule has 0 N–H and O–H groups in total. The third kappa shape index (κ3) is 2.84. The first-order valence-electron chi connectivity index (χ1n) is 6.04. The van der Waals surface area contributed by atoms with Crippen molar-refractivity contribution in [1.82, 2.24) is 0 Å². The molecule has 0 fully saturated rings. The zero-order valence-electron chi connectivity index (χ0n) is 11.3. The lowest BCUT2D eigenvalue weighted by Gasteiger charge is -2.03. The number of hydrogen-bond donors (Lipinski definition) is 0. The topological polar surface area (TPSA) is 22.4 Å². The van der Waals surface area contributed by atoms with Crippen molar-refractivity contribution in [3.05, 3.63) is 35.6 Å². The molecule has 0 aliphatic carbocycles. The Balaban J connectivity index is 2.54. The number of fused-ring (bicyclic) bond motifs is 1. The van der Waals surface area contributed by atoms with Crippen molar-refractivity contribution in [3.63, 3.8) is 0 Å². The summed E-state index contributed by atoms with van der Waals surface area (Å²) >= 11 is 0. The van der Waals surface area contributed by atoms with Gasteiger partial charge in [0.1, 0.15) is 13.7 Å². The number of hydrogen-bond acceptors (Lipinski definition) is 2. The van der Waals surface area contributed by atoms with Gasteiger partial charge in [-0.05, 0) is 12.0 Å². The molecule has 2 aromatic rings. The lowest BCUT2D eigenvalue weighted by atomic mass is 10.1. The molecule has 0 saturated carbocycles. The Bertz CT molecular complexity index is 609. The van der Waals surface area contributed by atoms with Gasteiger partial charge in [-0.2, -0.15) is 0 Å². The van der Waals surface area contributed by atoms with Crippen molar-refractivity contribution >= 4 is 19.0 Å². The van der Waals surface area contributed by atoms with Crippen LogP contribution in [0.1, 0.15) is 11.3 Å². The second-order valence-electron chi connectivity index (χ2n) is 5.34. The molecule has 18 heavy (non-hydrogen) atoms. The molecule has 2 nitrogen and oxygen atoms in total. The highest BCUT2D eigenvalue weighted by molar-refractivity contribution is 6.83. The fraction of sp³-hybridized carbons (Fsp3) is 0.333. The third-order valence-electron chi connectivity index (χ3n) is 2.54. The minimum Gasteiger partial charge on any atom is -0.447 e. The molecule has 0 unspecified atom stereocenters. The van der Waals surface area contributed by atoms with Gasteiger partial charge in [-0.3, -0.25) is 0 Å². The van der Waals surface area contributed by atoms with E-state index in [1.54, 1.807) is 7.11 Å². The second-order valence-corrected chi connectivity index (χ2v) is 10.1. The third-order valence-corrected chi connectivity index (χ3v) is 3.41. The van der Waals surface area contributed by atoms with Gasteiger partial charge < -0.3 is 9.15 Å². The predicted molar refractivity (Wildman–Crippen MR) is 77.2 cm³/mol. The van der Waals surface area contributed by atoms with Gasteiger partial charge in [0.25, 0.3) is 0 Å². The Morgan fingerprint density at radius 3 is 2.61 bits per heavy atom. The number of ether oxygens (including phenoxy) is 1. The minimum atomic E-state index is -1.40. The highest BCUT2D eigenvalue weighted by Gasteiger charge is 2.13. The Morgan fingerprint density at radius 2 is 1.94 bits per heavy atom. The Labute approximate surface area is 109 Å². The molecule has 0 saturated heterocycles. The molecule has 0 radical (unpaired) electrons. The molecule has 0 aliphatic heterocycles. The van der Waals surface area contributed by atoms with Gasteiger partial charge in [0.2, 0.25) is 0 Å². The molecule has 0 amide bonds. The summed E-state index contributed by atoms with van der Waals surface area (Å²) < 4.78 is 11.1. The molecule has 3 heteroatoms. The number of methoxy groups -OCH3 is 1. The zero-order valence-corrected chi connectivity index (χ0v) is 12.3. The first kappa shape index (κ1) is 12.9. The largest absolute Gasteiger partial charge is 0.447 e. The van der Waals surface area contributed by atoms with Crippen molar-refractivity contribution in [2.24, 2.45) is 0 Å². The monoisotopic (exact) mass is 258 g/mol. The first-order valence-corrected chi connectivity index (χ1v) is 9.54. The van der Waals surface area contributed by atoms with Crippen molar-refractivity contribution in [1.29, 1.82) is 0 Å². The second kappa shape index (κ2) is 5.01. The quantitative estimate of drug-likeness (QED) is 0.604. The lowest BCUT2D eigenvalue weighted by Crippen LogP contribution is -2.16. The summed E-state index contributed by atoms with van der Waals surface area (Å²) in [6.45, 7) is 7.20. The van der Waals surface area contributed by atoms with E-state index in [0.29, 0.717) is 6.61 Å². The summed E-state index contributed by atoms with van der Waals surface area (Å²) in [4.78, 5) is 0. The Kier molecular flexibility index (Phi) is 3.60. The number of benzene rings is 1. The molecule has 2 rings (SSSR count). The van der Waals surface area contributed by atoms with E-state index in [-0.39, 0.29) is 0 Å². The average molecular weight is 258 g/mol. The van der Waals surface area contributed by atoms with E-state index in [2.05, 4.69) is 31.1 Å². The van der Waals surface area contributed by atoms with E-state index in [1.807, 2.05) is 24.3 Å². The Morgan fingerprint density at radius 1 is 1.22 bits per heavy atom. The van der Waals surface area contributed by atoms with Crippen molar-refractivity contribution in [3.8, 4) is 11.5 Å². The predicted octanol–water partition coefficient (Wildman–Crippen LogP) is 3.81. The van der Waals surface area contributed by atoms with Crippen LogP contribution < -0.4 is 0 Å². The molecule has 1 heterocycles. The van der Waals surface area contributed by atoms with Crippen LogP contribution in [0.25, 0.3) is 11.0 Å². The van der Waals surface area contributed by atoms with E-state index in [4.69, 9.17) is 9.15 Å². The minimum absolute atomic E-state index is 0.534. The molecule has 1 aromatic carbocycles. The summed E-state index contributed by atoms with van der Waals surface area (Å²) in [6.07, 6.45) is 0. The van der Waals surface area contributed by atoms with Crippen molar-refractivity contribution in [2.75, 3.05) is 7.11 Å². The molecule has 0 atom stereocenters. The number of furan rings is 1. The summed E-state index contributed by atoms with van der Waals surface area (Å²) in [5, 5.41) is 1.10. The van der Waals surface area contributed by atoms with E-state index in [1.165, 1.54) is 0 Å². The van der Waals surface area contributed by atoms with Crippen molar-refractivity contribution in [2.45, 2.75) is 26.2 Å². The summed E-state index contributed by atoms with van der Waals surface area (Å²) in [7, 11) is 0.295. The maximum Gasteiger partial charge on any atom is 0.183 e. The van der Waals surface area contributed by atoms with Gasteiger partial charge in [0, 0.05) is 18.1 Å². The van der Waals surface area contributed by atoms with Crippen LogP contribution in [0.5, 0.6) is 0 Å². The summed E-state index contributed by atoms with van der Waals surface area (Å²) in [5.41, 5.74) is 5.27. The van der Waals surface area contributed by atoms with Gasteiger partial charge in [0.15, 0.2) is 5.76 Å². The summed E-state index contributed by atoms with van der Waals surface area (Å²) in [6, 6.07) is 7.99. The zero-order chi connectivity index (χ0) is 13.2. The van der Waals surface area contributed by atoms with Gasteiger partial charge in [-0.25, -0.2) is 0 Å². The van der Waals surface area contributed by atoms with Gasteiger partial charge >= 0.3 is 0 Å². The van der Waals surface area contributed by atoms with Gasteiger partial charge in [0.05, 0.1) is 6.61 Å². The van der Waals surface area contributed by atoms with Crippen LogP contribution in [0.3, 0.4) is 0 Å². The normalized spacial score (nSPS) is 11.3. The molecular formula is C15H18O2Si. The van der Waals surface area contributed by atoms with E-state index < -0.39 is 8.07 Å². The fourth-order valence-electron chi connectivity index (χ4n) is 1.73. The Hall–Kier alpha value is -1.50. The van der Waals surface area contributed by atoms with E-state index in [9.17, 15) is 0 Å². The maximum atomic E-state index is 5.82. The van der Waals surface area contributed by atoms with Crippen LogP contribution in [0, 0.1) is 11.5 Å². The molecular weight excluding hydrogens is 240 g/mol. The first-order chi connectivity index (χ1) is 8.51. The lowest BCUT2D eigenvalue weighted by molar-refractivity contribution is 0.185. The van der Waals surface area contributed by atoms with Crippen LogP contribution in [0.2, 0.25) is 19.6 Å². The maximum absolute atomic E-state index is 5.82. The van der Waals surface area contributed by atoms with Crippen LogP contribution >= 0.6 is 0 Å². The van der Waals surface area contributed by atoms with Crippen LogP contribution in [-0.4, -0.2) is 15.2 Å². The highest BCUT2D eigenvalue weighted by atomic mass is 28.3. The number of rotatable bonds is 2. The molecule has 94 valence electrons. The van der Waals surface area contributed by atoms with Crippen LogP contribution in [0.4, 0.5) is 0 Å². The molecule has 0 spiro atoms. The molecule has 0 bridgehead atoms.